The molecular weight excluding hydrogens is 260 g/mol. The van der Waals surface area contributed by atoms with E-state index in [9.17, 15) is 4.79 Å². The third-order valence-electron chi connectivity index (χ3n) is 3.35. The first-order valence-electron chi connectivity index (χ1n) is 6.87. The normalized spacial score (nSPS) is 19.1. The van der Waals surface area contributed by atoms with Crippen molar-refractivity contribution in [3.63, 3.8) is 0 Å². The highest BCUT2D eigenvalue weighted by molar-refractivity contribution is 7.11. The maximum Gasteiger partial charge on any atom is 0.220 e. The fourth-order valence-corrected chi connectivity index (χ4v) is 3.13. The van der Waals surface area contributed by atoms with Gasteiger partial charge < -0.3 is 10.1 Å². The average Bonchev–Trinajstić information content (AvgIpc) is 2.96. The van der Waals surface area contributed by atoms with Crippen molar-refractivity contribution in [1.82, 2.24) is 10.3 Å². The third kappa shape index (κ3) is 4.01. The molecular formula is C14H22N2O2S. The minimum atomic E-state index is 0.120. The highest BCUT2D eigenvalue weighted by Crippen LogP contribution is 2.24. The first kappa shape index (κ1) is 14.5. The molecule has 19 heavy (non-hydrogen) atoms. The van der Waals surface area contributed by atoms with Crippen LogP contribution in [0, 0.1) is 12.8 Å². The van der Waals surface area contributed by atoms with E-state index in [4.69, 9.17) is 4.74 Å². The second-order valence-corrected chi connectivity index (χ2v) is 6.54. The predicted molar refractivity (Wildman–Crippen MR) is 76.3 cm³/mol. The number of aryl methyl sites for hydroxylation is 1. The lowest BCUT2D eigenvalue weighted by Gasteiger charge is -2.07. The lowest BCUT2D eigenvalue weighted by molar-refractivity contribution is -0.122. The first-order valence-corrected chi connectivity index (χ1v) is 7.68. The molecule has 1 unspecified atom stereocenters. The van der Waals surface area contributed by atoms with Crippen LogP contribution in [0.5, 0.6) is 0 Å². The molecule has 1 aliphatic heterocycles. The summed E-state index contributed by atoms with van der Waals surface area (Å²) in [7, 11) is 0. The molecule has 1 aliphatic rings. The minimum absolute atomic E-state index is 0.120. The van der Waals surface area contributed by atoms with Crippen LogP contribution in [0.25, 0.3) is 0 Å². The molecule has 1 atom stereocenters. The van der Waals surface area contributed by atoms with Gasteiger partial charge in [-0.15, -0.1) is 11.3 Å². The molecule has 1 aromatic heterocycles. The molecule has 0 aliphatic carbocycles. The van der Waals surface area contributed by atoms with Gasteiger partial charge in [-0.1, -0.05) is 13.8 Å². The number of nitrogens with one attached hydrogen (secondary N) is 1. The molecule has 1 amide bonds. The van der Waals surface area contributed by atoms with Crippen molar-refractivity contribution in [2.45, 2.75) is 46.1 Å². The zero-order chi connectivity index (χ0) is 13.8. The maximum absolute atomic E-state index is 11.8. The highest BCUT2D eigenvalue weighted by Gasteiger charge is 2.19. The van der Waals surface area contributed by atoms with Crippen LogP contribution in [-0.4, -0.2) is 24.1 Å². The Morgan fingerprint density at radius 1 is 1.58 bits per heavy atom. The molecule has 4 nitrogen and oxygen atoms in total. The SMILES string of the molecule is Cc1nc(C(C)C)sc1CNC(=O)CC1CCOC1. The topological polar surface area (TPSA) is 51.2 Å². The van der Waals surface area contributed by atoms with Crippen molar-refractivity contribution in [1.29, 1.82) is 0 Å². The summed E-state index contributed by atoms with van der Waals surface area (Å²) >= 11 is 1.70. The van der Waals surface area contributed by atoms with Crippen LogP contribution in [0.1, 0.15) is 48.2 Å². The lowest BCUT2D eigenvalue weighted by atomic mass is 10.1. The molecule has 1 N–H and O–H groups in total. The number of amides is 1. The summed E-state index contributed by atoms with van der Waals surface area (Å²) in [5.74, 6) is 0.965. The quantitative estimate of drug-likeness (QED) is 0.903. The van der Waals surface area contributed by atoms with Crippen LogP contribution < -0.4 is 5.32 Å². The summed E-state index contributed by atoms with van der Waals surface area (Å²) < 4.78 is 5.28. The van der Waals surface area contributed by atoms with Gasteiger partial charge in [0.2, 0.25) is 5.91 Å². The van der Waals surface area contributed by atoms with Gasteiger partial charge in [0, 0.05) is 30.4 Å². The Kier molecular flexibility index (Phi) is 4.93. The van der Waals surface area contributed by atoms with E-state index in [2.05, 4.69) is 24.1 Å². The second-order valence-electron chi connectivity index (χ2n) is 5.43. The van der Waals surface area contributed by atoms with Gasteiger partial charge in [0.15, 0.2) is 0 Å². The Hall–Kier alpha value is -0.940. The second kappa shape index (κ2) is 6.48. The number of hydrogen-bond acceptors (Lipinski definition) is 4. The van der Waals surface area contributed by atoms with Gasteiger partial charge in [0.05, 0.1) is 17.2 Å². The van der Waals surface area contributed by atoms with Crippen molar-refractivity contribution in [3.05, 3.63) is 15.6 Å². The van der Waals surface area contributed by atoms with E-state index in [1.807, 2.05) is 6.92 Å². The third-order valence-corrected chi connectivity index (χ3v) is 4.81. The molecule has 0 bridgehead atoms. The number of thiazole rings is 1. The number of ether oxygens (including phenoxy) is 1. The maximum atomic E-state index is 11.8. The number of carbonyl (C=O) groups is 1. The van der Waals surface area contributed by atoms with E-state index in [0.717, 1.165) is 30.3 Å². The van der Waals surface area contributed by atoms with Crippen LogP contribution >= 0.6 is 11.3 Å². The molecule has 0 saturated carbocycles. The molecule has 1 saturated heterocycles. The zero-order valence-corrected chi connectivity index (χ0v) is 12.7. The molecule has 1 aromatic rings. The van der Waals surface area contributed by atoms with Crippen molar-refractivity contribution in [2.24, 2.45) is 5.92 Å². The number of hydrogen-bond donors (Lipinski definition) is 1. The van der Waals surface area contributed by atoms with Crippen LogP contribution in [0.4, 0.5) is 0 Å². The molecule has 106 valence electrons. The van der Waals surface area contributed by atoms with Crippen molar-refractivity contribution >= 4 is 17.2 Å². The van der Waals surface area contributed by atoms with Crippen molar-refractivity contribution in [3.8, 4) is 0 Å². The van der Waals surface area contributed by atoms with Crippen LogP contribution in [0.15, 0.2) is 0 Å². The number of nitrogens with zero attached hydrogens (tertiary/aromatic N) is 1. The minimum Gasteiger partial charge on any atom is -0.381 e. The Labute approximate surface area is 118 Å². The molecule has 1 fully saturated rings. The van der Waals surface area contributed by atoms with E-state index >= 15 is 0 Å². The number of aromatic nitrogens is 1. The monoisotopic (exact) mass is 282 g/mol. The Morgan fingerprint density at radius 3 is 2.95 bits per heavy atom. The summed E-state index contributed by atoms with van der Waals surface area (Å²) in [5.41, 5.74) is 1.04. The van der Waals surface area contributed by atoms with Gasteiger partial charge in [-0.3, -0.25) is 4.79 Å². The van der Waals surface area contributed by atoms with Gasteiger partial charge >= 0.3 is 0 Å². The molecule has 2 heterocycles. The molecule has 2 rings (SSSR count). The van der Waals surface area contributed by atoms with E-state index < -0.39 is 0 Å². The summed E-state index contributed by atoms with van der Waals surface area (Å²) in [6.45, 7) is 8.41. The standard InChI is InChI=1S/C14H22N2O2S/c1-9(2)14-16-10(3)12(19-14)7-15-13(17)6-11-4-5-18-8-11/h9,11H,4-8H2,1-3H3,(H,15,17). The summed E-state index contributed by atoms with van der Waals surface area (Å²) in [5, 5.41) is 4.14. The molecule has 0 radical (unpaired) electrons. The van der Waals surface area contributed by atoms with E-state index in [0.29, 0.717) is 24.8 Å². The Morgan fingerprint density at radius 2 is 2.37 bits per heavy atom. The Balaban J connectivity index is 1.82. The van der Waals surface area contributed by atoms with Gasteiger partial charge in [-0.05, 0) is 19.3 Å². The molecule has 0 spiro atoms. The van der Waals surface area contributed by atoms with Gasteiger partial charge in [-0.2, -0.15) is 0 Å². The van der Waals surface area contributed by atoms with Gasteiger partial charge in [0.1, 0.15) is 0 Å². The van der Waals surface area contributed by atoms with Crippen molar-refractivity contribution in [2.75, 3.05) is 13.2 Å². The summed E-state index contributed by atoms with van der Waals surface area (Å²) in [6.07, 6.45) is 1.58. The Bertz CT molecular complexity index is 437. The zero-order valence-electron chi connectivity index (χ0n) is 11.9. The van der Waals surface area contributed by atoms with Crippen molar-refractivity contribution < 1.29 is 9.53 Å². The largest absolute Gasteiger partial charge is 0.381 e. The summed E-state index contributed by atoms with van der Waals surface area (Å²) in [6, 6.07) is 0. The fraction of sp³-hybridized carbons (Fsp3) is 0.714. The van der Waals surface area contributed by atoms with Gasteiger partial charge in [0.25, 0.3) is 0 Å². The van der Waals surface area contributed by atoms with Crippen LogP contribution in [0.3, 0.4) is 0 Å². The summed E-state index contributed by atoms with van der Waals surface area (Å²) in [4.78, 5) is 17.5. The number of rotatable bonds is 5. The van der Waals surface area contributed by atoms with E-state index in [-0.39, 0.29) is 5.91 Å². The first-order chi connectivity index (χ1) is 9.06. The van der Waals surface area contributed by atoms with Crippen LogP contribution in [0.2, 0.25) is 0 Å². The molecule has 5 heteroatoms. The smallest absolute Gasteiger partial charge is 0.220 e. The highest BCUT2D eigenvalue weighted by atomic mass is 32.1. The predicted octanol–water partition coefficient (Wildman–Crippen LogP) is 2.62. The van der Waals surface area contributed by atoms with E-state index in [1.165, 1.54) is 4.88 Å². The molecule has 0 aromatic carbocycles. The average molecular weight is 282 g/mol. The van der Waals surface area contributed by atoms with Crippen LogP contribution in [-0.2, 0) is 16.1 Å². The number of carbonyl (C=O) groups excluding carboxylic acids is 1. The van der Waals surface area contributed by atoms with Gasteiger partial charge in [-0.25, -0.2) is 4.98 Å². The van der Waals surface area contributed by atoms with E-state index in [1.54, 1.807) is 11.3 Å². The lowest BCUT2D eigenvalue weighted by Crippen LogP contribution is -2.25. The fourth-order valence-electron chi connectivity index (χ4n) is 2.12.